The summed E-state index contributed by atoms with van der Waals surface area (Å²) < 4.78 is 6.33. The summed E-state index contributed by atoms with van der Waals surface area (Å²) in [5.74, 6) is 2.40. The van der Waals surface area contributed by atoms with Gasteiger partial charge in [-0.3, -0.25) is 0 Å². The maximum absolute atomic E-state index is 5.21. The molecule has 0 saturated carbocycles. The van der Waals surface area contributed by atoms with Crippen LogP contribution in [0.5, 0.6) is 5.19 Å². The Balaban J connectivity index is 0.000000980. The summed E-state index contributed by atoms with van der Waals surface area (Å²) in [6.07, 6.45) is 5.07. The SMILES string of the molecule is C#CCOc1nc2ccccc2s1.O. The van der Waals surface area contributed by atoms with Crippen molar-refractivity contribution >= 4 is 21.6 Å². The van der Waals surface area contributed by atoms with E-state index in [1.807, 2.05) is 24.3 Å². The van der Waals surface area contributed by atoms with Crippen LogP contribution in [0.25, 0.3) is 10.2 Å². The Labute approximate surface area is 85.7 Å². The lowest BCUT2D eigenvalue weighted by molar-refractivity contribution is 0.369. The van der Waals surface area contributed by atoms with Gasteiger partial charge in [-0.15, -0.1) is 6.42 Å². The summed E-state index contributed by atoms with van der Waals surface area (Å²) in [5.41, 5.74) is 0.958. The summed E-state index contributed by atoms with van der Waals surface area (Å²) in [4.78, 5) is 4.25. The van der Waals surface area contributed by atoms with Crippen molar-refractivity contribution in [3.05, 3.63) is 24.3 Å². The molecule has 14 heavy (non-hydrogen) atoms. The van der Waals surface area contributed by atoms with Crippen LogP contribution in [0.15, 0.2) is 24.3 Å². The summed E-state index contributed by atoms with van der Waals surface area (Å²) in [5, 5.41) is 0.638. The van der Waals surface area contributed by atoms with Gasteiger partial charge in [0.2, 0.25) is 0 Å². The fraction of sp³-hybridized carbons (Fsp3) is 0.100. The monoisotopic (exact) mass is 207 g/mol. The average molecular weight is 207 g/mol. The maximum atomic E-state index is 5.21. The second-order valence-electron chi connectivity index (χ2n) is 2.44. The second-order valence-corrected chi connectivity index (χ2v) is 3.43. The van der Waals surface area contributed by atoms with Crippen molar-refractivity contribution < 1.29 is 10.2 Å². The molecule has 0 unspecified atom stereocenters. The number of para-hydroxylation sites is 1. The quantitative estimate of drug-likeness (QED) is 0.700. The van der Waals surface area contributed by atoms with Crippen LogP contribution in [-0.2, 0) is 0 Å². The Bertz CT molecular complexity index is 425. The predicted octanol–water partition coefficient (Wildman–Crippen LogP) is 1.48. The minimum atomic E-state index is 0. The number of hydrogen-bond donors (Lipinski definition) is 0. The first-order valence-corrected chi connectivity index (χ1v) is 4.63. The second kappa shape index (κ2) is 4.61. The molecule has 0 saturated heterocycles. The first-order chi connectivity index (χ1) is 6.40. The van der Waals surface area contributed by atoms with E-state index in [0.717, 1.165) is 10.2 Å². The van der Waals surface area contributed by atoms with Gasteiger partial charge in [-0.2, -0.15) is 0 Å². The van der Waals surface area contributed by atoms with E-state index in [4.69, 9.17) is 11.2 Å². The maximum Gasteiger partial charge on any atom is 0.275 e. The predicted molar refractivity (Wildman–Crippen MR) is 57.6 cm³/mol. The molecule has 72 valence electrons. The molecule has 0 aliphatic rings. The number of rotatable bonds is 2. The summed E-state index contributed by atoms with van der Waals surface area (Å²) in [7, 11) is 0. The van der Waals surface area contributed by atoms with E-state index in [1.165, 1.54) is 11.3 Å². The lowest BCUT2D eigenvalue weighted by Gasteiger charge is -1.91. The van der Waals surface area contributed by atoms with Crippen LogP contribution in [0.4, 0.5) is 0 Å². The molecule has 0 aliphatic heterocycles. The molecule has 0 atom stereocenters. The minimum Gasteiger partial charge on any atom is -0.457 e. The zero-order chi connectivity index (χ0) is 9.10. The Hall–Kier alpha value is -1.57. The van der Waals surface area contributed by atoms with Crippen molar-refractivity contribution in [1.82, 2.24) is 4.98 Å². The van der Waals surface area contributed by atoms with Crippen LogP contribution in [0.1, 0.15) is 0 Å². The van der Waals surface area contributed by atoms with Crippen molar-refractivity contribution in [3.63, 3.8) is 0 Å². The lowest BCUT2D eigenvalue weighted by Crippen LogP contribution is -1.91. The Morgan fingerprint density at radius 1 is 1.43 bits per heavy atom. The largest absolute Gasteiger partial charge is 0.457 e. The highest BCUT2D eigenvalue weighted by atomic mass is 32.1. The minimum absolute atomic E-state index is 0. The molecule has 4 heteroatoms. The van der Waals surface area contributed by atoms with Crippen LogP contribution in [0.3, 0.4) is 0 Å². The molecular weight excluding hydrogens is 198 g/mol. The normalized spacial score (nSPS) is 9.07. The van der Waals surface area contributed by atoms with Gasteiger partial charge in [-0.25, -0.2) is 4.98 Å². The third-order valence-electron chi connectivity index (χ3n) is 1.55. The molecule has 2 aromatic rings. The van der Waals surface area contributed by atoms with Gasteiger partial charge >= 0.3 is 0 Å². The highest BCUT2D eigenvalue weighted by Crippen LogP contribution is 2.26. The van der Waals surface area contributed by atoms with E-state index in [2.05, 4.69) is 10.9 Å². The summed E-state index contributed by atoms with van der Waals surface area (Å²) >= 11 is 1.51. The van der Waals surface area contributed by atoms with Gasteiger partial charge in [0.05, 0.1) is 10.2 Å². The highest BCUT2D eigenvalue weighted by Gasteiger charge is 2.01. The Morgan fingerprint density at radius 3 is 2.93 bits per heavy atom. The van der Waals surface area contributed by atoms with Crippen LogP contribution >= 0.6 is 11.3 Å². The smallest absolute Gasteiger partial charge is 0.275 e. The molecule has 0 radical (unpaired) electrons. The molecule has 2 N–H and O–H groups in total. The first kappa shape index (κ1) is 10.5. The number of aromatic nitrogens is 1. The van der Waals surface area contributed by atoms with Crippen molar-refractivity contribution in [2.75, 3.05) is 6.61 Å². The fourth-order valence-electron chi connectivity index (χ4n) is 1.02. The first-order valence-electron chi connectivity index (χ1n) is 3.82. The van der Waals surface area contributed by atoms with E-state index < -0.39 is 0 Å². The average Bonchev–Trinajstić information content (AvgIpc) is 2.57. The van der Waals surface area contributed by atoms with Crippen molar-refractivity contribution in [1.29, 1.82) is 0 Å². The van der Waals surface area contributed by atoms with Gasteiger partial charge < -0.3 is 10.2 Å². The number of thiazole rings is 1. The fourth-order valence-corrected chi connectivity index (χ4v) is 1.83. The number of fused-ring (bicyclic) bond motifs is 1. The number of nitrogens with zero attached hydrogens (tertiary/aromatic N) is 1. The van der Waals surface area contributed by atoms with Crippen LogP contribution in [0, 0.1) is 12.3 Å². The molecule has 1 aromatic carbocycles. The third-order valence-corrected chi connectivity index (χ3v) is 2.50. The van der Waals surface area contributed by atoms with Crippen LogP contribution in [0.2, 0.25) is 0 Å². The molecule has 0 fully saturated rings. The Morgan fingerprint density at radius 2 is 2.21 bits per heavy atom. The van der Waals surface area contributed by atoms with Gasteiger partial charge in [0, 0.05) is 0 Å². The number of terminal acetylenes is 1. The molecule has 0 aliphatic carbocycles. The summed E-state index contributed by atoms with van der Waals surface area (Å²) in [6, 6.07) is 7.89. The molecule has 1 aromatic heterocycles. The van der Waals surface area contributed by atoms with Crippen molar-refractivity contribution in [2.24, 2.45) is 0 Å². The van der Waals surface area contributed by atoms with Crippen LogP contribution in [-0.4, -0.2) is 17.1 Å². The third kappa shape index (κ3) is 2.02. The van der Waals surface area contributed by atoms with Gasteiger partial charge in [-0.1, -0.05) is 29.4 Å². The van der Waals surface area contributed by atoms with Gasteiger partial charge in [-0.05, 0) is 12.1 Å². The number of ether oxygens (including phenoxy) is 1. The van der Waals surface area contributed by atoms with E-state index in [1.54, 1.807) is 0 Å². The molecule has 2 rings (SSSR count). The zero-order valence-corrected chi connectivity index (χ0v) is 8.17. The van der Waals surface area contributed by atoms with E-state index >= 15 is 0 Å². The molecule has 0 amide bonds. The molecule has 0 bridgehead atoms. The summed E-state index contributed by atoms with van der Waals surface area (Å²) in [6.45, 7) is 0.278. The van der Waals surface area contributed by atoms with E-state index in [9.17, 15) is 0 Å². The van der Waals surface area contributed by atoms with Gasteiger partial charge in [0.25, 0.3) is 5.19 Å². The lowest BCUT2D eigenvalue weighted by atomic mass is 10.3. The van der Waals surface area contributed by atoms with Gasteiger partial charge in [0.1, 0.15) is 0 Å². The molecular formula is C10H9NO2S. The van der Waals surface area contributed by atoms with E-state index in [-0.39, 0.29) is 12.1 Å². The topological polar surface area (TPSA) is 53.6 Å². The molecule has 3 nitrogen and oxygen atoms in total. The van der Waals surface area contributed by atoms with Gasteiger partial charge in [0.15, 0.2) is 6.61 Å². The zero-order valence-electron chi connectivity index (χ0n) is 7.36. The standard InChI is InChI=1S/C10H7NOS.H2O/c1-2-7-12-10-11-8-5-3-4-6-9(8)13-10;/h1,3-6H,7H2;1H2. The number of benzene rings is 1. The highest BCUT2D eigenvalue weighted by molar-refractivity contribution is 7.20. The van der Waals surface area contributed by atoms with E-state index in [0.29, 0.717) is 5.19 Å². The molecule has 1 heterocycles. The number of hydrogen-bond acceptors (Lipinski definition) is 3. The van der Waals surface area contributed by atoms with Crippen molar-refractivity contribution in [2.45, 2.75) is 0 Å². The molecule has 0 spiro atoms. The van der Waals surface area contributed by atoms with Crippen LogP contribution < -0.4 is 4.74 Å². The van der Waals surface area contributed by atoms with Crippen molar-refractivity contribution in [3.8, 4) is 17.5 Å². The Kier molecular flexibility index (Phi) is 3.46.